The highest BCUT2D eigenvalue weighted by Crippen LogP contribution is 2.25. The molecule has 0 atom stereocenters. The molecule has 0 aromatic heterocycles. The standard InChI is InChI=1S/C16H17NO/c1-12-6-7-13(8-16(12)18)9-17-10-14-4-2-3-5-15(14)11-17/h2-8,18H,9-11H2,1H3. The van der Waals surface area contributed by atoms with E-state index in [2.05, 4.69) is 35.2 Å². The molecule has 18 heavy (non-hydrogen) atoms. The molecule has 2 nitrogen and oxygen atoms in total. The molecule has 0 fully saturated rings. The van der Waals surface area contributed by atoms with Gasteiger partial charge in [0.2, 0.25) is 0 Å². The Morgan fingerprint density at radius 3 is 2.33 bits per heavy atom. The van der Waals surface area contributed by atoms with E-state index in [1.807, 2.05) is 19.1 Å². The minimum atomic E-state index is 0.393. The van der Waals surface area contributed by atoms with E-state index in [0.29, 0.717) is 5.75 Å². The van der Waals surface area contributed by atoms with Crippen molar-refractivity contribution >= 4 is 0 Å². The fourth-order valence-corrected chi connectivity index (χ4v) is 2.53. The molecule has 0 saturated heterocycles. The van der Waals surface area contributed by atoms with Crippen LogP contribution in [0.2, 0.25) is 0 Å². The largest absolute Gasteiger partial charge is 0.508 e. The first-order valence-electron chi connectivity index (χ1n) is 6.30. The summed E-state index contributed by atoms with van der Waals surface area (Å²) < 4.78 is 0. The second kappa shape index (κ2) is 4.46. The van der Waals surface area contributed by atoms with Gasteiger partial charge < -0.3 is 5.11 Å². The summed E-state index contributed by atoms with van der Waals surface area (Å²) in [5, 5.41) is 9.73. The van der Waals surface area contributed by atoms with Crippen molar-refractivity contribution < 1.29 is 5.11 Å². The van der Waals surface area contributed by atoms with E-state index >= 15 is 0 Å². The lowest BCUT2D eigenvalue weighted by atomic mass is 10.1. The van der Waals surface area contributed by atoms with Crippen LogP contribution >= 0.6 is 0 Å². The van der Waals surface area contributed by atoms with Crippen molar-refractivity contribution in [3.63, 3.8) is 0 Å². The molecule has 0 radical (unpaired) electrons. The Balaban J connectivity index is 1.74. The number of fused-ring (bicyclic) bond motifs is 1. The molecule has 2 heteroatoms. The van der Waals surface area contributed by atoms with Crippen molar-refractivity contribution in [3.8, 4) is 5.75 Å². The van der Waals surface area contributed by atoms with Crippen LogP contribution < -0.4 is 0 Å². The molecular formula is C16H17NO. The van der Waals surface area contributed by atoms with Crippen LogP contribution in [-0.2, 0) is 19.6 Å². The van der Waals surface area contributed by atoms with E-state index in [1.165, 1.54) is 16.7 Å². The average molecular weight is 239 g/mol. The number of phenolic OH excluding ortho intramolecular Hbond substituents is 1. The lowest BCUT2D eigenvalue weighted by molar-refractivity contribution is 0.275. The van der Waals surface area contributed by atoms with Crippen LogP contribution in [0.4, 0.5) is 0 Å². The molecule has 1 heterocycles. The Morgan fingerprint density at radius 1 is 1.06 bits per heavy atom. The minimum absolute atomic E-state index is 0.393. The van der Waals surface area contributed by atoms with Gasteiger partial charge in [0.1, 0.15) is 5.75 Å². The number of benzene rings is 2. The van der Waals surface area contributed by atoms with Gasteiger partial charge in [-0.05, 0) is 35.2 Å². The third kappa shape index (κ3) is 2.12. The fourth-order valence-electron chi connectivity index (χ4n) is 2.53. The summed E-state index contributed by atoms with van der Waals surface area (Å²) in [5.41, 5.74) is 4.96. The predicted molar refractivity (Wildman–Crippen MR) is 72.2 cm³/mol. The van der Waals surface area contributed by atoms with Crippen molar-refractivity contribution in [2.45, 2.75) is 26.6 Å². The van der Waals surface area contributed by atoms with Crippen LogP contribution in [0.1, 0.15) is 22.3 Å². The SMILES string of the molecule is Cc1ccc(CN2Cc3ccccc3C2)cc1O. The summed E-state index contributed by atoms with van der Waals surface area (Å²) in [6, 6.07) is 14.5. The molecule has 0 aliphatic carbocycles. The summed E-state index contributed by atoms with van der Waals surface area (Å²) in [6.45, 7) is 4.82. The van der Waals surface area contributed by atoms with E-state index in [1.54, 1.807) is 0 Å². The van der Waals surface area contributed by atoms with E-state index < -0.39 is 0 Å². The quantitative estimate of drug-likeness (QED) is 0.869. The molecule has 2 aromatic carbocycles. The van der Waals surface area contributed by atoms with Gasteiger partial charge in [0.25, 0.3) is 0 Å². The van der Waals surface area contributed by atoms with Crippen LogP contribution in [0.3, 0.4) is 0 Å². The maximum atomic E-state index is 9.73. The van der Waals surface area contributed by atoms with Gasteiger partial charge in [0.05, 0.1) is 0 Å². The Morgan fingerprint density at radius 2 is 1.72 bits per heavy atom. The summed E-state index contributed by atoms with van der Waals surface area (Å²) in [6.07, 6.45) is 0. The number of nitrogens with zero attached hydrogens (tertiary/aromatic N) is 1. The van der Waals surface area contributed by atoms with Crippen LogP contribution in [0.5, 0.6) is 5.75 Å². The number of rotatable bonds is 2. The Bertz CT molecular complexity index is 552. The van der Waals surface area contributed by atoms with E-state index in [-0.39, 0.29) is 0 Å². The molecule has 0 spiro atoms. The molecule has 1 aliphatic heterocycles. The number of phenols is 1. The number of aromatic hydroxyl groups is 1. The third-order valence-corrected chi connectivity index (χ3v) is 3.59. The Hall–Kier alpha value is -1.80. The van der Waals surface area contributed by atoms with Crippen LogP contribution in [0, 0.1) is 6.92 Å². The number of hydrogen-bond acceptors (Lipinski definition) is 2. The molecule has 0 amide bonds. The maximum Gasteiger partial charge on any atom is 0.118 e. The minimum Gasteiger partial charge on any atom is -0.508 e. The zero-order valence-corrected chi connectivity index (χ0v) is 10.6. The van der Waals surface area contributed by atoms with Crippen molar-refractivity contribution in [1.29, 1.82) is 0 Å². The average Bonchev–Trinajstić information content (AvgIpc) is 2.76. The van der Waals surface area contributed by atoms with Crippen LogP contribution in [-0.4, -0.2) is 10.0 Å². The van der Waals surface area contributed by atoms with Gasteiger partial charge in [-0.2, -0.15) is 0 Å². The van der Waals surface area contributed by atoms with E-state index in [9.17, 15) is 5.11 Å². The Kier molecular flexibility index (Phi) is 2.80. The van der Waals surface area contributed by atoms with Crippen molar-refractivity contribution in [2.75, 3.05) is 0 Å². The van der Waals surface area contributed by atoms with Gasteiger partial charge in [-0.15, -0.1) is 0 Å². The molecule has 1 N–H and O–H groups in total. The van der Waals surface area contributed by atoms with Gasteiger partial charge in [0.15, 0.2) is 0 Å². The van der Waals surface area contributed by atoms with E-state index in [4.69, 9.17) is 0 Å². The van der Waals surface area contributed by atoms with Gasteiger partial charge in [-0.1, -0.05) is 36.4 Å². The van der Waals surface area contributed by atoms with Gasteiger partial charge in [0, 0.05) is 19.6 Å². The first-order chi connectivity index (χ1) is 8.72. The lowest BCUT2D eigenvalue weighted by Crippen LogP contribution is -2.15. The lowest BCUT2D eigenvalue weighted by Gasteiger charge is -2.15. The monoisotopic (exact) mass is 239 g/mol. The highest BCUT2D eigenvalue weighted by molar-refractivity contribution is 5.36. The smallest absolute Gasteiger partial charge is 0.118 e. The maximum absolute atomic E-state index is 9.73. The summed E-state index contributed by atoms with van der Waals surface area (Å²) in [5.74, 6) is 0.393. The highest BCUT2D eigenvalue weighted by atomic mass is 16.3. The molecule has 0 unspecified atom stereocenters. The van der Waals surface area contributed by atoms with Crippen LogP contribution in [0.15, 0.2) is 42.5 Å². The highest BCUT2D eigenvalue weighted by Gasteiger charge is 2.18. The number of hydrogen-bond donors (Lipinski definition) is 1. The summed E-state index contributed by atoms with van der Waals surface area (Å²) >= 11 is 0. The first kappa shape index (κ1) is 11.3. The zero-order valence-electron chi connectivity index (χ0n) is 10.6. The van der Waals surface area contributed by atoms with Gasteiger partial charge >= 0.3 is 0 Å². The summed E-state index contributed by atoms with van der Waals surface area (Å²) in [7, 11) is 0. The van der Waals surface area contributed by atoms with Gasteiger partial charge in [-0.3, -0.25) is 4.90 Å². The van der Waals surface area contributed by atoms with Gasteiger partial charge in [-0.25, -0.2) is 0 Å². The number of aryl methyl sites for hydroxylation is 1. The normalized spacial score (nSPS) is 14.7. The molecule has 3 rings (SSSR count). The van der Waals surface area contributed by atoms with E-state index in [0.717, 1.165) is 25.2 Å². The molecule has 0 bridgehead atoms. The second-order valence-corrected chi connectivity index (χ2v) is 5.03. The zero-order chi connectivity index (χ0) is 12.5. The molecule has 2 aromatic rings. The topological polar surface area (TPSA) is 23.5 Å². The molecule has 92 valence electrons. The fraction of sp³-hybridized carbons (Fsp3) is 0.250. The molecule has 1 aliphatic rings. The van der Waals surface area contributed by atoms with Crippen molar-refractivity contribution in [2.24, 2.45) is 0 Å². The second-order valence-electron chi connectivity index (χ2n) is 5.03. The molecule has 0 saturated carbocycles. The summed E-state index contributed by atoms with van der Waals surface area (Å²) in [4.78, 5) is 2.40. The van der Waals surface area contributed by atoms with Crippen LogP contribution in [0.25, 0.3) is 0 Å². The molecular weight excluding hydrogens is 222 g/mol. The Labute approximate surface area is 107 Å². The first-order valence-corrected chi connectivity index (χ1v) is 6.30. The van der Waals surface area contributed by atoms with Crippen molar-refractivity contribution in [1.82, 2.24) is 4.90 Å². The van der Waals surface area contributed by atoms with Crippen molar-refractivity contribution in [3.05, 3.63) is 64.7 Å². The third-order valence-electron chi connectivity index (χ3n) is 3.59. The predicted octanol–water partition coefficient (Wildman–Crippen LogP) is 3.22.